The zero-order chi connectivity index (χ0) is 13.1. The quantitative estimate of drug-likeness (QED) is 0.772. The summed E-state index contributed by atoms with van der Waals surface area (Å²) in [4.78, 5) is 4.58. The molecule has 0 aliphatic rings. The Morgan fingerprint density at radius 1 is 1.44 bits per heavy atom. The first kappa shape index (κ1) is 13.4. The molecule has 0 aliphatic heterocycles. The zero-order valence-corrected chi connectivity index (χ0v) is 11.9. The molecule has 2 rings (SSSR count). The smallest absolute Gasteiger partial charge is 0.125 e. The monoisotopic (exact) mass is 266 g/mol. The van der Waals surface area contributed by atoms with Crippen LogP contribution in [-0.4, -0.2) is 22.8 Å². The molecule has 0 spiro atoms. The van der Waals surface area contributed by atoms with Crippen LogP contribution in [0.1, 0.15) is 31.3 Å². The molecule has 0 aliphatic carbocycles. The van der Waals surface area contributed by atoms with E-state index in [4.69, 9.17) is 16.3 Å². The van der Waals surface area contributed by atoms with Crippen molar-refractivity contribution in [3.05, 3.63) is 29.6 Å². The first-order valence-electron chi connectivity index (χ1n) is 6.28. The van der Waals surface area contributed by atoms with E-state index in [0.717, 1.165) is 23.5 Å². The minimum Gasteiger partial charge on any atom is -0.380 e. The predicted molar refractivity (Wildman–Crippen MR) is 75.2 cm³/mol. The molecular formula is C14H19ClN2O. The van der Waals surface area contributed by atoms with E-state index in [0.29, 0.717) is 12.5 Å². The van der Waals surface area contributed by atoms with E-state index in [1.54, 1.807) is 0 Å². The van der Waals surface area contributed by atoms with Crippen LogP contribution in [0.25, 0.3) is 11.0 Å². The maximum absolute atomic E-state index is 6.00. The summed E-state index contributed by atoms with van der Waals surface area (Å²) >= 11 is 6.00. The fraction of sp³-hybridized carbons (Fsp3) is 0.500. The van der Waals surface area contributed by atoms with Gasteiger partial charge in [-0.25, -0.2) is 4.98 Å². The number of aryl methyl sites for hydroxylation is 1. The van der Waals surface area contributed by atoms with Gasteiger partial charge in [-0.2, -0.15) is 0 Å². The summed E-state index contributed by atoms with van der Waals surface area (Å²) in [5, 5.41) is 0. The highest BCUT2D eigenvalue weighted by molar-refractivity contribution is 6.16. The Morgan fingerprint density at radius 3 is 2.89 bits per heavy atom. The number of aromatic nitrogens is 2. The molecule has 0 saturated carbocycles. The maximum Gasteiger partial charge on any atom is 0.125 e. The van der Waals surface area contributed by atoms with Crippen LogP contribution in [0.5, 0.6) is 0 Å². The SMILES string of the molecule is CCOCC(C)n1c(CCl)nc2ccc(C)cc21. The van der Waals surface area contributed by atoms with Crippen molar-refractivity contribution in [2.45, 2.75) is 32.7 Å². The molecule has 3 nitrogen and oxygen atoms in total. The zero-order valence-electron chi connectivity index (χ0n) is 11.1. The van der Waals surface area contributed by atoms with Crippen LogP contribution in [0.15, 0.2) is 18.2 Å². The van der Waals surface area contributed by atoms with E-state index < -0.39 is 0 Å². The Labute approximate surface area is 113 Å². The third-order valence-electron chi connectivity index (χ3n) is 3.04. The van der Waals surface area contributed by atoms with Crippen molar-refractivity contribution in [1.29, 1.82) is 0 Å². The molecule has 4 heteroatoms. The molecule has 1 unspecified atom stereocenters. The minimum atomic E-state index is 0.241. The fourth-order valence-electron chi connectivity index (χ4n) is 2.20. The number of ether oxygens (including phenoxy) is 1. The molecule has 2 aromatic rings. The van der Waals surface area contributed by atoms with Crippen LogP contribution >= 0.6 is 11.6 Å². The van der Waals surface area contributed by atoms with E-state index in [2.05, 4.69) is 35.5 Å². The molecule has 0 amide bonds. The van der Waals surface area contributed by atoms with Crippen molar-refractivity contribution in [3.63, 3.8) is 0 Å². The molecule has 0 saturated heterocycles. The van der Waals surface area contributed by atoms with Crippen LogP contribution < -0.4 is 0 Å². The molecule has 18 heavy (non-hydrogen) atoms. The summed E-state index contributed by atoms with van der Waals surface area (Å²) in [5.74, 6) is 1.33. The molecule has 0 radical (unpaired) electrons. The van der Waals surface area contributed by atoms with Crippen molar-refractivity contribution < 1.29 is 4.74 Å². The third-order valence-corrected chi connectivity index (χ3v) is 3.28. The number of halogens is 1. The molecule has 1 aromatic carbocycles. The number of nitrogens with zero attached hydrogens (tertiary/aromatic N) is 2. The van der Waals surface area contributed by atoms with Gasteiger partial charge in [0.05, 0.1) is 29.6 Å². The summed E-state index contributed by atoms with van der Waals surface area (Å²) in [6, 6.07) is 6.52. The number of hydrogen-bond donors (Lipinski definition) is 0. The summed E-state index contributed by atoms with van der Waals surface area (Å²) in [6.45, 7) is 7.64. The summed E-state index contributed by atoms with van der Waals surface area (Å²) in [6.07, 6.45) is 0. The van der Waals surface area contributed by atoms with Crippen LogP contribution in [0.2, 0.25) is 0 Å². The lowest BCUT2D eigenvalue weighted by Gasteiger charge is -2.16. The van der Waals surface area contributed by atoms with Gasteiger partial charge in [0, 0.05) is 6.61 Å². The second-order valence-corrected chi connectivity index (χ2v) is 4.80. The second kappa shape index (κ2) is 5.72. The number of benzene rings is 1. The van der Waals surface area contributed by atoms with E-state index in [1.165, 1.54) is 5.56 Å². The number of alkyl halides is 1. The average Bonchev–Trinajstić information content (AvgIpc) is 2.73. The van der Waals surface area contributed by atoms with E-state index >= 15 is 0 Å². The maximum atomic E-state index is 6.00. The van der Waals surface area contributed by atoms with Gasteiger partial charge in [0.1, 0.15) is 5.82 Å². The first-order chi connectivity index (χ1) is 8.67. The lowest BCUT2D eigenvalue weighted by Crippen LogP contribution is -2.14. The average molecular weight is 267 g/mol. The summed E-state index contributed by atoms with van der Waals surface area (Å²) in [7, 11) is 0. The topological polar surface area (TPSA) is 27.1 Å². The van der Waals surface area contributed by atoms with E-state index in [9.17, 15) is 0 Å². The number of rotatable bonds is 5. The van der Waals surface area contributed by atoms with Gasteiger partial charge in [0.2, 0.25) is 0 Å². The highest BCUT2D eigenvalue weighted by atomic mass is 35.5. The van der Waals surface area contributed by atoms with Crippen molar-refractivity contribution in [2.24, 2.45) is 0 Å². The number of imidazole rings is 1. The van der Waals surface area contributed by atoms with E-state index in [-0.39, 0.29) is 6.04 Å². The highest BCUT2D eigenvalue weighted by Crippen LogP contribution is 2.23. The molecule has 0 bridgehead atoms. The van der Waals surface area contributed by atoms with E-state index in [1.807, 2.05) is 13.0 Å². The van der Waals surface area contributed by atoms with Gasteiger partial charge >= 0.3 is 0 Å². The Bertz CT molecular complexity index is 536. The Morgan fingerprint density at radius 2 is 2.22 bits per heavy atom. The number of fused-ring (bicyclic) bond motifs is 1. The van der Waals surface area contributed by atoms with Crippen molar-refractivity contribution in [3.8, 4) is 0 Å². The van der Waals surface area contributed by atoms with Gasteiger partial charge in [-0.3, -0.25) is 0 Å². The molecule has 1 heterocycles. The largest absolute Gasteiger partial charge is 0.380 e. The molecule has 0 N–H and O–H groups in total. The van der Waals surface area contributed by atoms with Gasteiger partial charge in [-0.1, -0.05) is 6.07 Å². The summed E-state index contributed by atoms with van der Waals surface area (Å²) < 4.78 is 7.69. The standard InChI is InChI=1S/C14H19ClN2O/c1-4-18-9-11(3)17-13-7-10(2)5-6-12(13)16-14(17)8-15/h5-7,11H,4,8-9H2,1-3H3. The van der Waals surface area contributed by atoms with Gasteiger partial charge in [0.15, 0.2) is 0 Å². The molecule has 1 aromatic heterocycles. The molecule has 98 valence electrons. The Kier molecular flexibility index (Phi) is 4.25. The predicted octanol–water partition coefficient (Wildman–Crippen LogP) is 3.68. The van der Waals surface area contributed by atoms with Crippen molar-refractivity contribution >= 4 is 22.6 Å². The van der Waals surface area contributed by atoms with Gasteiger partial charge in [0.25, 0.3) is 0 Å². The van der Waals surface area contributed by atoms with Crippen molar-refractivity contribution in [2.75, 3.05) is 13.2 Å². The van der Waals surface area contributed by atoms with Gasteiger partial charge in [-0.15, -0.1) is 11.6 Å². The third kappa shape index (κ3) is 2.52. The van der Waals surface area contributed by atoms with Crippen LogP contribution in [0, 0.1) is 6.92 Å². The normalized spacial score (nSPS) is 13.1. The lowest BCUT2D eigenvalue weighted by atomic mass is 10.2. The van der Waals surface area contributed by atoms with Crippen LogP contribution in [0.3, 0.4) is 0 Å². The minimum absolute atomic E-state index is 0.241. The van der Waals surface area contributed by atoms with Crippen LogP contribution in [-0.2, 0) is 10.6 Å². The second-order valence-electron chi connectivity index (χ2n) is 4.53. The first-order valence-corrected chi connectivity index (χ1v) is 6.82. The van der Waals surface area contributed by atoms with Crippen LogP contribution in [0.4, 0.5) is 0 Å². The number of hydrogen-bond acceptors (Lipinski definition) is 2. The fourth-order valence-corrected chi connectivity index (χ4v) is 2.39. The highest BCUT2D eigenvalue weighted by Gasteiger charge is 2.15. The molecule has 1 atom stereocenters. The van der Waals surface area contributed by atoms with Gasteiger partial charge < -0.3 is 9.30 Å². The summed E-state index contributed by atoms with van der Waals surface area (Å²) in [5.41, 5.74) is 3.37. The Balaban J connectivity index is 2.48. The molecular weight excluding hydrogens is 248 g/mol. The van der Waals surface area contributed by atoms with Crippen molar-refractivity contribution in [1.82, 2.24) is 9.55 Å². The lowest BCUT2D eigenvalue weighted by molar-refractivity contribution is 0.119. The Hall–Kier alpha value is -1.06. The molecule has 0 fully saturated rings. The van der Waals surface area contributed by atoms with Gasteiger partial charge in [-0.05, 0) is 38.5 Å².